The summed E-state index contributed by atoms with van der Waals surface area (Å²) in [6.07, 6.45) is -0.950. The number of aromatic nitrogens is 5. The van der Waals surface area contributed by atoms with Gasteiger partial charge >= 0.3 is 35.1 Å². The first-order valence-corrected chi connectivity index (χ1v) is 15.6. The van der Waals surface area contributed by atoms with Crippen molar-refractivity contribution >= 4 is 29.4 Å². The molecule has 0 aliphatic carbocycles. The minimum atomic E-state index is -5.79. The lowest BCUT2D eigenvalue weighted by Gasteiger charge is -2.19. The fraction of sp³-hybridized carbons (Fsp3) is 0.562. The highest BCUT2D eigenvalue weighted by molar-refractivity contribution is 7.66. The first kappa shape index (κ1) is 32.8. The van der Waals surface area contributed by atoms with Crippen LogP contribution < -0.4 is 11.2 Å². The smallest absolute Gasteiger partial charge is 0.480 e. The van der Waals surface area contributed by atoms with Gasteiger partial charge in [-0.05, 0) is 5.92 Å². The van der Waals surface area contributed by atoms with Gasteiger partial charge in [-0.2, -0.15) is 13.5 Å². The molecule has 3 rings (SSSR count). The Bertz CT molecular complexity index is 1560. The van der Waals surface area contributed by atoms with Crippen LogP contribution in [-0.2, 0) is 36.4 Å². The Labute approximate surface area is 227 Å². The highest BCUT2D eigenvalue weighted by atomic mass is 31.3. The Balaban J connectivity index is 1.81. The van der Waals surface area contributed by atoms with E-state index >= 15 is 0 Å². The van der Waals surface area contributed by atoms with Crippen molar-refractivity contribution in [1.82, 2.24) is 24.5 Å². The Hall–Kier alpha value is -2.74. The summed E-state index contributed by atoms with van der Waals surface area (Å²) in [5, 5.41) is 19.8. The molecule has 0 saturated carbocycles. The summed E-state index contributed by atoms with van der Waals surface area (Å²) in [4.78, 5) is 86.0. The number of hydrogen-bond acceptors (Lipinski definition) is 14. The molecule has 41 heavy (non-hydrogen) atoms. The molecular formula is C16H23N6O16P3. The molecule has 1 saturated heterocycles. The van der Waals surface area contributed by atoms with E-state index in [1.165, 1.54) is 6.20 Å². The molecule has 6 N–H and O–H groups in total. The number of rotatable bonds is 13. The van der Waals surface area contributed by atoms with E-state index in [0.29, 0.717) is 0 Å². The molecule has 1 aliphatic heterocycles. The lowest BCUT2D eigenvalue weighted by atomic mass is 10.1. The summed E-state index contributed by atoms with van der Waals surface area (Å²) in [6, 6.07) is -2.45. The molecule has 1 fully saturated rings. The molecule has 228 valence electrons. The van der Waals surface area contributed by atoms with Crippen LogP contribution in [0, 0.1) is 10.8 Å². The fourth-order valence-electron chi connectivity index (χ4n) is 3.74. The monoisotopic (exact) mass is 648 g/mol. The van der Waals surface area contributed by atoms with E-state index in [-0.39, 0.29) is 17.7 Å². The number of carbonyl (C=O) groups is 1. The van der Waals surface area contributed by atoms with E-state index in [2.05, 4.69) is 28.6 Å². The van der Waals surface area contributed by atoms with Crippen LogP contribution in [0.4, 0.5) is 0 Å². The molecule has 0 amide bonds. The molecule has 0 aromatic carbocycles. The maximum atomic E-state index is 12.5. The van der Waals surface area contributed by atoms with Gasteiger partial charge in [0.15, 0.2) is 6.04 Å². The molecule has 0 radical (unpaired) electrons. The number of phosphoric ester groups is 1. The predicted octanol–water partition coefficient (Wildman–Crippen LogP) is -0.157. The van der Waals surface area contributed by atoms with Crippen LogP contribution in [0.1, 0.15) is 32.5 Å². The number of H-pyrrole nitrogens is 1. The van der Waals surface area contributed by atoms with Gasteiger partial charge in [-0.3, -0.25) is 18.9 Å². The van der Waals surface area contributed by atoms with Gasteiger partial charge in [0.25, 0.3) is 5.56 Å². The molecule has 25 heteroatoms. The number of carboxylic acids is 1. The number of phosphoric acid groups is 3. The van der Waals surface area contributed by atoms with Gasteiger partial charge in [0, 0.05) is 12.6 Å². The molecule has 1 aliphatic rings. The molecule has 0 bridgehead atoms. The zero-order valence-corrected chi connectivity index (χ0v) is 23.4. The van der Waals surface area contributed by atoms with Crippen LogP contribution in [0.25, 0.3) is 11.3 Å². The van der Waals surface area contributed by atoms with Gasteiger partial charge in [-0.15, -0.1) is 5.10 Å². The van der Waals surface area contributed by atoms with E-state index < -0.39 is 77.6 Å². The summed E-state index contributed by atoms with van der Waals surface area (Å²) >= 11 is 0. The molecule has 5 unspecified atom stereocenters. The molecule has 0 spiro atoms. The number of aliphatic carboxylic acids is 1. The standard InChI is InChI=1S/C16H23N6O16P3/c1-7(2)13(15(24)25)22-5-10(18-20-22)8-4-21(16(26)17-14(8)23)12-3-9(19-27)11(36-12)6-35-40(31,32)38-41(33,34)37-39(28,29)30/h4-5,7,9,11-13H,3,6H2,1-2H3,(H,24,25)(H,31,32)(H,33,34)(H,17,23,26)(H2,28,29,30)/t9?,11-,12?,13?/m1/s1. The number of nitroso groups, excluding NO2 is 1. The third-order valence-electron chi connectivity index (χ3n) is 5.39. The largest absolute Gasteiger partial charge is 0.490 e. The van der Waals surface area contributed by atoms with Crippen molar-refractivity contribution in [3.05, 3.63) is 38.1 Å². The Morgan fingerprint density at radius 2 is 1.83 bits per heavy atom. The summed E-state index contributed by atoms with van der Waals surface area (Å²) in [6.45, 7) is 2.24. The van der Waals surface area contributed by atoms with Crippen LogP contribution in [0.5, 0.6) is 0 Å². The molecule has 6 atom stereocenters. The van der Waals surface area contributed by atoms with Gasteiger partial charge in [0.1, 0.15) is 24.1 Å². The van der Waals surface area contributed by atoms with E-state index in [1.54, 1.807) is 13.8 Å². The van der Waals surface area contributed by atoms with E-state index in [4.69, 9.17) is 14.5 Å². The third kappa shape index (κ3) is 8.40. The molecular weight excluding hydrogens is 625 g/mol. The Morgan fingerprint density at radius 1 is 1.17 bits per heavy atom. The normalized spacial score (nSPS) is 23.1. The maximum Gasteiger partial charge on any atom is 0.490 e. The third-order valence-corrected chi connectivity index (χ3v) is 9.19. The van der Waals surface area contributed by atoms with Crippen LogP contribution in [0.15, 0.2) is 27.2 Å². The van der Waals surface area contributed by atoms with Crippen molar-refractivity contribution < 1.29 is 61.1 Å². The zero-order chi connectivity index (χ0) is 30.9. The molecule has 3 heterocycles. The van der Waals surface area contributed by atoms with E-state index in [0.717, 1.165) is 15.4 Å². The van der Waals surface area contributed by atoms with Crippen molar-refractivity contribution in [2.45, 2.75) is 44.7 Å². The van der Waals surface area contributed by atoms with Crippen LogP contribution in [-0.4, -0.2) is 73.9 Å². The predicted molar refractivity (Wildman–Crippen MR) is 130 cm³/mol. The lowest BCUT2D eigenvalue weighted by molar-refractivity contribution is -0.142. The number of nitrogens with one attached hydrogen (secondary N) is 1. The first-order valence-electron chi connectivity index (χ1n) is 11.1. The minimum absolute atomic E-state index is 0.112. The maximum absolute atomic E-state index is 12.5. The van der Waals surface area contributed by atoms with Crippen LogP contribution >= 0.6 is 23.5 Å². The van der Waals surface area contributed by atoms with Crippen molar-refractivity contribution in [2.75, 3.05) is 6.61 Å². The van der Waals surface area contributed by atoms with Crippen molar-refractivity contribution in [3.8, 4) is 11.3 Å². The summed E-state index contributed by atoms with van der Waals surface area (Å²) in [7, 11) is -17.0. The molecule has 22 nitrogen and oxygen atoms in total. The average molecular weight is 648 g/mol. The zero-order valence-electron chi connectivity index (χ0n) is 20.8. The highest BCUT2D eigenvalue weighted by Crippen LogP contribution is 2.66. The fourth-order valence-corrected chi connectivity index (χ4v) is 6.77. The van der Waals surface area contributed by atoms with E-state index in [9.17, 15) is 47.9 Å². The number of hydrogen-bond donors (Lipinski definition) is 6. The van der Waals surface area contributed by atoms with Crippen LogP contribution in [0.3, 0.4) is 0 Å². The lowest BCUT2D eigenvalue weighted by Crippen LogP contribution is -2.33. The summed E-state index contributed by atoms with van der Waals surface area (Å²) < 4.78 is 53.2. The van der Waals surface area contributed by atoms with Crippen molar-refractivity contribution in [1.29, 1.82) is 0 Å². The topological polar surface area (TPSA) is 321 Å². The van der Waals surface area contributed by atoms with E-state index in [1.807, 2.05) is 4.98 Å². The van der Waals surface area contributed by atoms with Gasteiger partial charge in [0.05, 0.1) is 18.4 Å². The minimum Gasteiger partial charge on any atom is -0.480 e. The average Bonchev–Trinajstić information content (AvgIpc) is 3.42. The van der Waals surface area contributed by atoms with Gasteiger partial charge in [0.2, 0.25) is 0 Å². The number of carboxylic acid groups (broad SMARTS) is 1. The number of nitrogens with zero attached hydrogens (tertiary/aromatic N) is 5. The van der Waals surface area contributed by atoms with Crippen molar-refractivity contribution in [2.24, 2.45) is 11.1 Å². The Kier molecular flexibility index (Phi) is 9.78. The Morgan fingerprint density at radius 3 is 2.39 bits per heavy atom. The second kappa shape index (κ2) is 12.2. The second-order valence-electron chi connectivity index (χ2n) is 8.74. The van der Waals surface area contributed by atoms with Gasteiger partial charge in [-0.1, -0.05) is 24.2 Å². The summed E-state index contributed by atoms with van der Waals surface area (Å²) in [5.74, 6) is -1.61. The van der Waals surface area contributed by atoms with Crippen molar-refractivity contribution in [3.63, 3.8) is 0 Å². The quantitative estimate of drug-likeness (QED) is 0.121. The highest BCUT2D eigenvalue weighted by Gasteiger charge is 2.43. The van der Waals surface area contributed by atoms with Gasteiger partial charge in [-0.25, -0.2) is 28.0 Å². The van der Waals surface area contributed by atoms with Gasteiger partial charge < -0.3 is 29.4 Å². The SMILES string of the molecule is CC(C)C(C(=O)O)n1cc(-c2cn(C3CC(N=O)[C@@H](COP(=O)(O)OP(=O)(O)OP(=O)(O)O)O3)c(=O)[nH]c2=O)nn1. The first-order chi connectivity index (χ1) is 18.8. The van der Waals surface area contributed by atoms with Crippen LogP contribution in [0.2, 0.25) is 0 Å². The molecule has 2 aromatic rings. The second-order valence-corrected chi connectivity index (χ2v) is 13.2. The summed E-state index contributed by atoms with van der Waals surface area (Å²) in [5.41, 5.74) is -2.28. The molecule has 2 aromatic heterocycles. The number of ether oxygens (including phenoxy) is 1. The number of aromatic amines is 1.